The largest absolute Gasteiger partial charge is 0.368 e. The molecule has 0 radical (unpaired) electrons. The van der Waals surface area contributed by atoms with Gasteiger partial charge < -0.3 is 41.7 Å². The molecule has 0 aliphatic carbocycles. The number of aliphatic imine (C=N–C) groups is 1. The molecule has 6 heterocycles. The first-order valence-electron chi connectivity index (χ1n) is 26.2. The summed E-state index contributed by atoms with van der Waals surface area (Å²) >= 11 is 10.3. The predicted molar refractivity (Wildman–Crippen MR) is 307 cm³/mol. The molecule has 80 heavy (non-hydrogen) atoms. The van der Waals surface area contributed by atoms with Crippen LogP contribution >= 0.6 is 46.0 Å². The Morgan fingerprint density at radius 2 is 1.60 bits per heavy atom. The molecule has 25 heteroatoms. The average molecular weight is 1170 g/mol. The summed E-state index contributed by atoms with van der Waals surface area (Å²) in [6, 6.07) is 7.45. The SMILES string of the molecule is Cc1ncsc1-c1ccc([C@H]2NC(=O)[C@@H]3CCCN3C(=O)[C@H](C(C)(C)C)NC(=O)CSC[C@H](C(N)=O)NC(=O)[C@@H](C)N(CCN(C)C(=O)C[C@@H]3N=C(c4ccc(Cl)cc4)c4c(sc(C)c4C)-n4c(C)nnc43)C(=O)CNC2=O)cc1. The summed E-state index contributed by atoms with van der Waals surface area (Å²) in [7, 11) is 1.56. The third kappa shape index (κ3) is 12.9. The van der Waals surface area contributed by atoms with Crippen molar-refractivity contribution >= 4 is 99.0 Å². The maximum absolute atomic E-state index is 14.6. The van der Waals surface area contributed by atoms with Gasteiger partial charge in [-0.2, -0.15) is 0 Å². The van der Waals surface area contributed by atoms with Crippen LogP contribution in [0.5, 0.6) is 0 Å². The number of carbonyl (C=O) groups is 8. The highest BCUT2D eigenvalue weighted by Crippen LogP contribution is 2.40. The van der Waals surface area contributed by atoms with Gasteiger partial charge in [0, 0.05) is 53.5 Å². The number of fused-ring (bicyclic) bond motifs is 4. The van der Waals surface area contributed by atoms with Crippen LogP contribution in [-0.2, 0) is 38.4 Å². The fraction of sp³-hybridized carbons (Fsp3) is 0.455. The molecule has 3 aromatic heterocycles. The summed E-state index contributed by atoms with van der Waals surface area (Å²) in [5.74, 6) is -4.48. The topological polar surface area (TPSA) is 276 Å². The zero-order valence-corrected chi connectivity index (χ0v) is 49.3. The lowest BCUT2D eigenvalue weighted by molar-refractivity contribution is -0.144. The Labute approximate surface area is 481 Å². The van der Waals surface area contributed by atoms with Crippen LogP contribution in [-0.4, -0.2) is 156 Å². The molecular weight excluding hydrogens is 1100 g/mol. The minimum absolute atomic E-state index is 0.103. The van der Waals surface area contributed by atoms with E-state index in [0.29, 0.717) is 34.4 Å². The lowest BCUT2D eigenvalue weighted by atomic mass is 9.85. The zero-order valence-electron chi connectivity index (χ0n) is 46.0. The quantitative estimate of drug-likeness (QED) is 0.136. The van der Waals surface area contributed by atoms with E-state index in [1.807, 2.05) is 44.4 Å². The van der Waals surface area contributed by atoms with Crippen molar-refractivity contribution in [1.82, 2.24) is 55.7 Å². The number of primary amides is 1. The van der Waals surface area contributed by atoms with E-state index in [2.05, 4.69) is 36.4 Å². The highest BCUT2D eigenvalue weighted by molar-refractivity contribution is 8.00. The van der Waals surface area contributed by atoms with E-state index >= 15 is 0 Å². The Balaban J connectivity index is 1.08. The van der Waals surface area contributed by atoms with Crippen LogP contribution in [0.2, 0.25) is 5.02 Å². The lowest BCUT2D eigenvalue weighted by Gasteiger charge is -2.35. The summed E-state index contributed by atoms with van der Waals surface area (Å²) in [6.45, 7) is 13.8. The number of hydrogen-bond acceptors (Lipinski definition) is 15. The van der Waals surface area contributed by atoms with E-state index in [4.69, 9.17) is 22.3 Å². The van der Waals surface area contributed by atoms with Gasteiger partial charge in [0.15, 0.2) is 5.82 Å². The van der Waals surface area contributed by atoms with Crippen LogP contribution in [0.4, 0.5) is 0 Å². The van der Waals surface area contributed by atoms with Crippen LogP contribution < -0.4 is 27.0 Å². The number of nitrogens with two attached hydrogens (primary N) is 1. The monoisotopic (exact) mass is 1170 g/mol. The molecule has 6 N–H and O–H groups in total. The second kappa shape index (κ2) is 24.8. The van der Waals surface area contributed by atoms with Gasteiger partial charge in [0.05, 0.1) is 40.5 Å². The number of aryl methyl sites for hydroxylation is 3. The fourth-order valence-electron chi connectivity index (χ4n) is 9.90. The number of likely N-dealkylation sites (N-methyl/N-ethyl adjacent to an activating group) is 1. The second-order valence-electron chi connectivity index (χ2n) is 21.3. The van der Waals surface area contributed by atoms with Gasteiger partial charge >= 0.3 is 0 Å². The molecule has 3 aliphatic rings. The van der Waals surface area contributed by atoms with E-state index in [0.717, 1.165) is 54.5 Å². The molecular formula is C55H66ClN13O8S3. The van der Waals surface area contributed by atoms with Crippen LogP contribution in [0, 0.1) is 33.1 Å². The summed E-state index contributed by atoms with van der Waals surface area (Å²) in [5, 5.41) is 21.4. The van der Waals surface area contributed by atoms with E-state index in [9.17, 15) is 38.4 Å². The summed E-state index contributed by atoms with van der Waals surface area (Å²) in [4.78, 5) is 129. The fourth-order valence-corrected chi connectivity index (χ4v) is 12.9. The van der Waals surface area contributed by atoms with E-state index < -0.39 is 89.6 Å². The van der Waals surface area contributed by atoms with Crippen molar-refractivity contribution < 1.29 is 38.4 Å². The molecule has 5 aromatic rings. The van der Waals surface area contributed by atoms with Gasteiger partial charge in [-0.05, 0) is 81.7 Å². The Kier molecular flexibility index (Phi) is 18.3. The Bertz CT molecular complexity index is 3240. The number of nitrogens with zero attached hydrogens (tertiary/aromatic N) is 8. The number of halogens is 1. The average Bonchev–Trinajstić information content (AvgIpc) is 4.24. The molecule has 2 aromatic carbocycles. The molecule has 0 spiro atoms. The van der Waals surface area contributed by atoms with Crippen LogP contribution in [0.3, 0.4) is 0 Å². The highest BCUT2D eigenvalue weighted by Gasteiger charge is 2.43. The molecule has 424 valence electrons. The number of thiazole rings is 1. The van der Waals surface area contributed by atoms with Crippen LogP contribution in [0.1, 0.15) is 104 Å². The molecule has 6 atom stereocenters. The number of thiophene rings is 1. The van der Waals surface area contributed by atoms with Gasteiger partial charge in [-0.3, -0.25) is 47.9 Å². The molecule has 0 saturated carbocycles. The van der Waals surface area contributed by atoms with Gasteiger partial charge in [0.1, 0.15) is 47.1 Å². The van der Waals surface area contributed by atoms with Crippen molar-refractivity contribution in [3.63, 3.8) is 0 Å². The van der Waals surface area contributed by atoms with Crippen LogP contribution in [0.15, 0.2) is 59.0 Å². The number of benzene rings is 2. The summed E-state index contributed by atoms with van der Waals surface area (Å²) in [5.41, 5.74) is 12.1. The van der Waals surface area contributed by atoms with Crippen LogP contribution in [0.25, 0.3) is 15.4 Å². The van der Waals surface area contributed by atoms with Crippen molar-refractivity contribution in [2.75, 3.05) is 44.7 Å². The Hall–Kier alpha value is -7.02. The van der Waals surface area contributed by atoms with E-state index in [1.165, 1.54) is 33.0 Å². The van der Waals surface area contributed by atoms with Crippen molar-refractivity contribution in [3.8, 4) is 15.4 Å². The van der Waals surface area contributed by atoms with Crippen molar-refractivity contribution in [2.24, 2.45) is 16.1 Å². The van der Waals surface area contributed by atoms with Gasteiger partial charge in [-0.25, -0.2) is 4.98 Å². The molecule has 2 fully saturated rings. The maximum atomic E-state index is 14.6. The summed E-state index contributed by atoms with van der Waals surface area (Å²) < 4.78 is 1.93. The number of nitrogens with one attached hydrogen (secondary N) is 4. The third-order valence-corrected chi connectivity index (χ3v) is 18.1. The number of carbonyl (C=O) groups excluding carboxylic acids is 8. The first-order chi connectivity index (χ1) is 37.9. The molecule has 0 bridgehead atoms. The molecule has 8 rings (SSSR count). The molecule has 8 amide bonds. The molecule has 2 saturated heterocycles. The number of amides is 8. The zero-order chi connectivity index (χ0) is 57.9. The number of hydrogen-bond donors (Lipinski definition) is 5. The lowest BCUT2D eigenvalue weighted by Crippen LogP contribution is -2.58. The second-order valence-corrected chi connectivity index (χ2v) is 24.8. The highest BCUT2D eigenvalue weighted by atomic mass is 35.5. The maximum Gasteiger partial charge on any atom is 0.247 e. The van der Waals surface area contributed by atoms with E-state index in [-0.39, 0.29) is 49.9 Å². The first kappa shape index (κ1) is 59.1. The molecule has 0 unspecified atom stereocenters. The van der Waals surface area contributed by atoms with Crippen molar-refractivity contribution in [3.05, 3.63) is 104 Å². The Morgan fingerprint density at radius 3 is 2.26 bits per heavy atom. The predicted octanol–water partition coefficient (Wildman–Crippen LogP) is 4.51. The van der Waals surface area contributed by atoms with Crippen molar-refractivity contribution in [1.29, 1.82) is 0 Å². The summed E-state index contributed by atoms with van der Waals surface area (Å²) in [6.07, 6.45) is 0.602. The number of rotatable bonds is 9. The first-order valence-corrected chi connectivity index (χ1v) is 29.4. The van der Waals surface area contributed by atoms with Gasteiger partial charge in [0.25, 0.3) is 0 Å². The standard InChI is InChI=1S/C55H66ClN13O8S3/c1-28-31(4)80-54-43(28)44(33-16-18-36(56)19-17-33)60-37(49-65-64-32(5)69(49)54)23-41(71)66(9)21-22-67-30(3)50(74)61-38(48(57)73)25-78-26-40(70)62-47(55(6,7)8)53(77)68-20-10-11-39(68)51(75)63-45(52(76)58-24-42(67)72)34-12-14-35(15-13-34)46-29(2)59-27-79-46/h12-19,27,30,37-39,45,47H,10-11,20-26H2,1-9H3,(H2,57,73)(H,58,76)(H,61,74)(H,62,70)(H,63,75)/t30-,37+,38-,39+,45-,47-/m1/s1. The van der Waals surface area contributed by atoms with Gasteiger partial charge in [-0.15, -0.1) is 44.6 Å². The Morgan fingerprint density at radius 1 is 0.900 bits per heavy atom. The number of thioether (sulfide) groups is 1. The third-order valence-electron chi connectivity index (χ3n) is 14.6. The number of aromatic nitrogens is 4. The molecule has 21 nitrogen and oxygen atoms in total. The van der Waals surface area contributed by atoms with Crippen molar-refractivity contribution in [2.45, 2.75) is 111 Å². The smallest absolute Gasteiger partial charge is 0.247 e. The minimum atomic E-state index is -1.37. The minimum Gasteiger partial charge on any atom is -0.368 e. The van der Waals surface area contributed by atoms with Gasteiger partial charge in [0.2, 0.25) is 47.3 Å². The van der Waals surface area contributed by atoms with E-state index in [1.54, 1.807) is 81.1 Å². The van der Waals surface area contributed by atoms with Gasteiger partial charge in [-0.1, -0.05) is 68.8 Å². The molecule has 3 aliphatic heterocycles. The normalized spacial score (nSPS) is 21.9.